The summed E-state index contributed by atoms with van der Waals surface area (Å²) in [5.41, 5.74) is 2.69. The van der Waals surface area contributed by atoms with Crippen LogP contribution in [0.15, 0.2) is 54.7 Å². The molecule has 7 heteroatoms. The normalized spacial score (nSPS) is 18.7. The Balaban J connectivity index is 1.78. The van der Waals surface area contributed by atoms with Crippen molar-refractivity contribution in [3.63, 3.8) is 0 Å². The number of anilines is 2. The Labute approximate surface area is 185 Å². The highest BCUT2D eigenvalue weighted by molar-refractivity contribution is 7.15. The molecule has 1 aliphatic rings. The van der Waals surface area contributed by atoms with Gasteiger partial charge in [-0.3, -0.25) is 9.59 Å². The fourth-order valence-electron chi connectivity index (χ4n) is 4.05. The van der Waals surface area contributed by atoms with Gasteiger partial charge in [-0.25, -0.2) is 4.98 Å². The van der Waals surface area contributed by atoms with Gasteiger partial charge in [0, 0.05) is 28.7 Å². The Bertz CT molecular complexity index is 1090. The minimum absolute atomic E-state index is 0.00565. The molecule has 2 aromatic carbocycles. The molecule has 6 nitrogen and oxygen atoms in total. The first-order valence-corrected chi connectivity index (χ1v) is 11.0. The predicted molar refractivity (Wildman–Crippen MR) is 123 cm³/mol. The highest BCUT2D eigenvalue weighted by Crippen LogP contribution is 2.43. The maximum absolute atomic E-state index is 13.4. The smallest absolute Gasteiger partial charge is 0.231 e. The van der Waals surface area contributed by atoms with E-state index < -0.39 is 12.0 Å². The van der Waals surface area contributed by atoms with Gasteiger partial charge in [0.05, 0.1) is 19.1 Å². The minimum atomic E-state index is -0.485. The lowest BCUT2D eigenvalue weighted by molar-refractivity contribution is -0.125. The molecule has 1 aliphatic heterocycles. The number of aryl methyl sites for hydroxylation is 2. The zero-order valence-electron chi connectivity index (χ0n) is 17.8. The summed E-state index contributed by atoms with van der Waals surface area (Å²) in [7, 11) is 1.60. The van der Waals surface area contributed by atoms with Crippen LogP contribution in [-0.2, 0) is 9.59 Å². The monoisotopic (exact) mass is 435 g/mol. The Morgan fingerprint density at radius 1 is 1.16 bits per heavy atom. The standard InChI is InChI=1S/C24H25N3O3S/c1-15-8-10-17(11-9-15)27-21(28)13-12-19(23(29)26-24-25-14-16(2)31-24)22(27)18-6-4-5-7-20(18)30-3/h4-11,14,19,22H,12-13H2,1-3H3,(H,25,26,29). The third-order valence-electron chi connectivity index (χ3n) is 5.56. The van der Waals surface area contributed by atoms with Gasteiger partial charge in [0.1, 0.15) is 5.75 Å². The van der Waals surface area contributed by atoms with Crippen LogP contribution in [0, 0.1) is 19.8 Å². The van der Waals surface area contributed by atoms with E-state index in [1.165, 1.54) is 11.3 Å². The minimum Gasteiger partial charge on any atom is -0.496 e. The molecule has 1 N–H and O–H groups in total. The van der Waals surface area contributed by atoms with Crippen LogP contribution in [-0.4, -0.2) is 23.9 Å². The number of benzene rings is 2. The van der Waals surface area contributed by atoms with Crippen molar-refractivity contribution in [3.8, 4) is 5.75 Å². The molecule has 160 valence electrons. The number of ether oxygens (including phenoxy) is 1. The van der Waals surface area contributed by atoms with Gasteiger partial charge in [-0.2, -0.15) is 0 Å². The number of hydrogen-bond acceptors (Lipinski definition) is 5. The largest absolute Gasteiger partial charge is 0.496 e. The number of carbonyl (C=O) groups excluding carboxylic acids is 2. The molecule has 2 amide bonds. The third kappa shape index (κ3) is 4.32. The number of thiazole rings is 1. The lowest BCUT2D eigenvalue weighted by atomic mass is 9.82. The van der Waals surface area contributed by atoms with Crippen LogP contribution in [0.25, 0.3) is 0 Å². The van der Waals surface area contributed by atoms with Crippen molar-refractivity contribution in [1.29, 1.82) is 0 Å². The van der Waals surface area contributed by atoms with Crippen LogP contribution in [0.5, 0.6) is 5.75 Å². The number of amides is 2. The highest BCUT2D eigenvalue weighted by Gasteiger charge is 2.42. The van der Waals surface area contributed by atoms with E-state index in [4.69, 9.17) is 4.74 Å². The lowest BCUT2D eigenvalue weighted by Gasteiger charge is -2.41. The summed E-state index contributed by atoms with van der Waals surface area (Å²) in [4.78, 5) is 33.5. The Kier molecular flexibility index (Phi) is 6.04. The van der Waals surface area contributed by atoms with Crippen LogP contribution in [0.4, 0.5) is 10.8 Å². The second kappa shape index (κ2) is 8.89. The number of aromatic nitrogens is 1. The summed E-state index contributed by atoms with van der Waals surface area (Å²) in [6.07, 6.45) is 2.50. The fraction of sp³-hybridized carbons (Fsp3) is 0.292. The van der Waals surface area contributed by atoms with Gasteiger partial charge in [0.25, 0.3) is 0 Å². The second-order valence-corrected chi connectivity index (χ2v) is 8.93. The van der Waals surface area contributed by atoms with Crippen molar-refractivity contribution < 1.29 is 14.3 Å². The van der Waals surface area contributed by atoms with Crippen LogP contribution in [0.3, 0.4) is 0 Å². The van der Waals surface area contributed by atoms with E-state index >= 15 is 0 Å². The Morgan fingerprint density at radius 3 is 2.58 bits per heavy atom. The van der Waals surface area contributed by atoms with E-state index in [2.05, 4.69) is 10.3 Å². The fourth-order valence-corrected chi connectivity index (χ4v) is 4.72. The van der Waals surface area contributed by atoms with E-state index in [1.807, 2.05) is 62.4 Å². The Hall–Kier alpha value is -3.19. The van der Waals surface area contributed by atoms with Gasteiger partial charge in [0.2, 0.25) is 11.8 Å². The average molecular weight is 436 g/mol. The number of nitrogens with zero attached hydrogens (tertiary/aromatic N) is 2. The summed E-state index contributed by atoms with van der Waals surface area (Å²) in [5, 5.41) is 3.52. The van der Waals surface area contributed by atoms with Crippen molar-refractivity contribution in [2.45, 2.75) is 32.7 Å². The molecule has 2 atom stereocenters. The molecule has 1 aromatic heterocycles. The molecule has 3 aromatic rings. The number of nitrogens with one attached hydrogen (secondary N) is 1. The van der Waals surface area contributed by atoms with Crippen molar-refractivity contribution in [3.05, 3.63) is 70.7 Å². The number of hydrogen-bond donors (Lipinski definition) is 1. The van der Waals surface area contributed by atoms with Crippen molar-refractivity contribution in [2.75, 3.05) is 17.3 Å². The van der Waals surface area contributed by atoms with Crippen molar-refractivity contribution in [1.82, 2.24) is 4.98 Å². The molecule has 0 radical (unpaired) electrons. The first kappa shape index (κ1) is 21.1. The summed E-state index contributed by atoms with van der Waals surface area (Å²) in [5.74, 6) is 0.0606. The van der Waals surface area contributed by atoms with Crippen LogP contribution in [0.2, 0.25) is 0 Å². The summed E-state index contributed by atoms with van der Waals surface area (Å²) >= 11 is 1.44. The number of carbonyl (C=O) groups is 2. The maximum Gasteiger partial charge on any atom is 0.231 e. The molecule has 31 heavy (non-hydrogen) atoms. The number of piperidine rings is 1. The molecular formula is C24H25N3O3S. The average Bonchev–Trinajstić information content (AvgIpc) is 3.18. The summed E-state index contributed by atoms with van der Waals surface area (Å²) in [6.45, 7) is 3.95. The molecule has 0 spiro atoms. The zero-order valence-corrected chi connectivity index (χ0v) is 18.6. The summed E-state index contributed by atoms with van der Waals surface area (Å²) in [6, 6.07) is 14.9. The van der Waals surface area contributed by atoms with Gasteiger partial charge in [-0.05, 0) is 38.5 Å². The van der Waals surface area contributed by atoms with Gasteiger partial charge in [-0.1, -0.05) is 35.9 Å². The van der Waals surface area contributed by atoms with Gasteiger partial charge < -0.3 is 15.0 Å². The van der Waals surface area contributed by atoms with Crippen molar-refractivity contribution in [2.24, 2.45) is 5.92 Å². The van der Waals surface area contributed by atoms with Crippen LogP contribution >= 0.6 is 11.3 Å². The van der Waals surface area contributed by atoms with E-state index in [9.17, 15) is 9.59 Å². The van der Waals surface area contributed by atoms with Gasteiger partial charge in [-0.15, -0.1) is 11.3 Å². The molecule has 2 unspecified atom stereocenters. The van der Waals surface area contributed by atoms with E-state index in [0.29, 0.717) is 23.7 Å². The SMILES string of the molecule is COc1ccccc1C1C(C(=O)Nc2ncc(C)s2)CCC(=O)N1c1ccc(C)cc1. The molecular weight excluding hydrogens is 410 g/mol. The zero-order chi connectivity index (χ0) is 22.0. The van der Waals surface area contributed by atoms with Crippen molar-refractivity contribution >= 4 is 34.0 Å². The van der Waals surface area contributed by atoms with Crippen LogP contribution in [0.1, 0.15) is 34.9 Å². The number of rotatable bonds is 5. The second-order valence-electron chi connectivity index (χ2n) is 7.70. The predicted octanol–water partition coefficient (Wildman–Crippen LogP) is 4.89. The number of para-hydroxylation sites is 1. The third-order valence-corrected chi connectivity index (χ3v) is 6.38. The topological polar surface area (TPSA) is 71.5 Å². The molecule has 1 saturated heterocycles. The van der Waals surface area contributed by atoms with E-state index in [0.717, 1.165) is 21.7 Å². The maximum atomic E-state index is 13.4. The van der Waals surface area contributed by atoms with Crippen LogP contribution < -0.4 is 15.0 Å². The lowest BCUT2D eigenvalue weighted by Crippen LogP contribution is -2.47. The molecule has 2 heterocycles. The Morgan fingerprint density at radius 2 is 1.90 bits per heavy atom. The van der Waals surface area contributed by atoms with Gasteiger partial charge >= 0.3 is 0 Å². The molecule has 1 fully saturated rings. The summed E-state index contributed by atoms with van der Waals surface area (Å²) < 4.78 is 5.61. The molecule has 0 bridgehead atoms. The highest BCUT2D eigenvalue weighted by atomic mass is 32.1. The molecule has 0 saturated carbocycles. The van der Waals surface area contributed by atoms with Gasteiger partial charge in [0.15, 0.2) is 5.13 Å². The first-order chi connectivity index (χ1) is 15.0. The van der Waals surface area contributed by atoms with E-state index in [-0.39, 0.29) is 11.8 Å². The van der Waals surface area contributed by atoms with E-state index in [1.54, 1.807) is 18.2 Å². The quantitative estimate of drug-likeness (QED) is 0.619. The number of methoxy groups -OCH3 is 1. The molecule has 4 rings (SSSR count). The first-order valence-electron chi connectivity index (χ1n) is 10.2. The molecule has 0 aliphatic carbocycles.